The molecule has 1 aliphatic heterocycles. The second-order valence-corrected chi connectivity index (χ2v) is 6.46. The van der Waals surface area contributed by atoms with E-state index in [0.29, 0.717) is 37.3 Å². The summed E-state index contributed by atoms with van der Waals surface area (Å²) < 4.78 is 37.6. The van der Waals surface area contributed by atoms with E-state index in [0.717, 1.165) is 23.6 Å². The summed E-state index contributed by atoms with van der Waals surface area (Å²) in [5, 5.41) is 5.80. The van der Waals surface area contributed by atoms with Crippen molar-refractivity contribution in [2.45, 2.75) is 25.9 Å². The van der Waals surface area contributed by atoms with Gasteiger partial charge in [-0.2, -0.15) is 13.2 Å². The average molecular weight is 436 g/mol. The molecular formula is C19H28F3N3O3S. The van der Waals surface area contributed by atoms with Crippen LogP contribution in [0.2, 0.25) is 0 Å². The number of hydrogen-bond donors (Lipinski definition) is 3. The molecule has 6 nitrogen and oxygen atoms in total. The molecule has 164 valence electrons. The van der Waals surface area contributed by atoms with Crippen LogP contribution >= 0.6 is 12.6 Å². The van der Waals surface area contributed by atoms with Gasteiger partial charge >= 0.3 is 6.18 Å². The Hall–Kier alpha value is -2.14. The van der Waals surface area contributed by atoms with Crippen molar-refractivity contribution in [3.63, 3.8) is 0 Å². The quantitative estimate of drug-likeness (QED) is 0.488. The molecule has 6 N–H and O–H groups in total. The van der Waals surface area contributed by atoms with E-state index in [-0.39, 0.29) is 16.9 Å². The van der Waals surface area contributed by atoms with Gasteiger partial charge in [0.15, 0.2) is 0 Å². The lowest BCUT2D eigenvalue weighted by molar-refractivity contribution is -0.137. The van der Waals surface area contributed by atoms with Crippen molar-refractivity contribution in [2.75, 3.05) is 19.6 Å². The topological polar surface area (TPSA) is 116 Å². The Morgan fingerprint density at radius 1 is 1.21 bits per heavy atom. The Morgan fingerprint density at radius 2 is 1.83 bits per heavy atom. The van der Waals surface area contributed by atoms with Crippen molar-refractivity contribution in [2.24, 2.45) is 4.99 Å². The van der Waals surface area contributed by atoms with Crippen LogP contribution in [0.15, 0.2) is 52.9 Å². The molecule has 0 aromatic heterocycles. The number of allylic oxidation sites excluding steroid dienone is 3. The van der Waals surface area contributed by atoms with E-state index in [1.165, 1.54) is 12.1 Å². The van der Waals surface area contributed by atoms with Crippen LogP contribution < -0.4 is 10.6 Å². The fourth-order valence-electron chi connectivity index (χ4n) is 2.13. The van der Waals surface area contributed by atoms with Crippen LogP contribution in [0, 0.1) is 0 Å². The van der Waals surface area contributed by atoms with Gasteiger partial charge in [0.25, 0.3) is 0 Å². The normalized spacial score (nSPS) is 15.3. The molecule has 1 amide bonds. The van der Waals surface area contributed by atoms with Gasteiger partial charge in [0.05, 0.1) is 12.1 Å². The summed E-state index contributed by atoms with van der Waals surface area (Å²) in [6.45, 7) is 7.25. The van der Waals surface area contributed by atoms with Crippen LogP contribution in [-0.2, 0) is 11.0 Å². The number of aliphatic imine (C=N–C) groups is 1. The Morgan fingerprint density at radius 3 is 2.31 bits per heavy atom. The third kappa shape index (κ3) is 12.1. The average Bonchev–Trinajstić information content (AvgIpc) is 2.60. The van der Waals surface area contributed by atoms with Crippen molar-refractivity contribution in [3.05, 3.63) is 59.0 Å². The molecule has 0 radical (unpaired) electrons. The summed E-state index contributed by atoms with van der Waals surface area (Å²) in [5.41, 5.74) is -0.253. The highest BCUT2D eigenvalue weighted by Crippen LogP contribution is 2.29. The molecular weight excluding hydrogens is 407 g/mol. The standard InChI is InChI=1S/C14H16F3N3O.C5H8S.2H2O/c15-14(16,17)11-5-3-10(4-6-11)13-19-9-8-18-7-1-2-12(21)20-13;1-3-4-5(2)6;;/h3-6,18H,1-2,7-9H2,(H,19,20,21);3-4,6H,1H2,2H3;2*1H2/b;5-4+;;. The van der Waals surface area contributed by atoms with Crippen molar-refractivity contribution in [1.82, 2.24) is 10.6 Å². The Labute approximate surface area is 174 Å². The van der Waals surface area contributed by atoms with Crippen molar-refractivity contribution in [3.8, 4) is 0 Å². The summed E-state index contributed by atoms with van der Waals surface area (Å²) >= 11 is 3.97. The lowest BCUT2D eigenvalue weighted by atomic mass is 10.1. The summed E-state index contributed by atoms with van der Waals surface area (Å²) in [4.78, 5) is 16.9. The lowest BCUT2D eigenvalue weighted by Crippen LogP contribution is -2.34. The highest BCUT2D eigenvalue weighted by Gasteiger charge is 2.30. The fraction of sp³-hybridized carbons (Fsp3) is 0.368. The molecule has 0 spiro atoms. The molecule has 0 saturated heterocycles. The Balaban J connectivity index is 0. The molecule has 0 unspecified atom stereocenters. The molecule has 29 heavy (non-hydrogen) atoms. The summed E-state index contributed by atoms with van der Waals surface area (Å²) in [6, 6.07) is 4.62. The van der Waals surface area contributed by atoms with Crippen LogP contribution in [-0.4, -0.2) is 42.3 Å². The first-order chi connectivity index (χ1) is 12.7. The third-order valence-corrected chi connectivity index (χ3v) is 3.57. The molecule has 0 atom stereocenters. The van der Waals surface area contributed by atoms with E-state index in [2.05, 4.69) is 34.8 Å². The van der Waals surface area contributed by atoms with E-state index < -0.39 is 11.7 Å². The zero-order valence-corrected chi connectivity index (χ0v) is 17.0. The van der Waals surface area contributed by atoms with Crippen LogP contribution in [0.5, 0.6) is 0 Å². The van der Waals surface area contributed by atoms with E-state index >= 15 is 0 Å². The second kappa shape index (κ2) is 14.8. The maximum Gasteiger partial charge on any atom is 0.416 e. The van der Waals surface area contributed by atoms with Crippen molar-refractivity contribution in [1.29, 1.82) is 0 Å². The van der Waals surface area contributed by atoms with Gasteiger partial charge in [0, 0.05) is 18.5 Å². The molecule has 0 aliphatic carbocycles. The van der Waals surface area contributed by atoms with Crippen LogP contribution in [0.25, 0.3) is 0 Å². The molecule has 1 aliphatic rings. The van der Waals surface area contributed by atoms with Crippen molar-refractivity contribution >= 4 is 24.4 Å². The fourth-order valence-corrected chi connectivity index (χ4v) is 2.24. The van der Waals surface area contributed by atoms with Crippen molar-refractivity contribution < 1.29 is 28.9 Å². The van der Waals surface area contributed by atoms with Crippen LogP contribution in [0.3, 0.4) is 0 Å². The number of hydrogen-bond acceptors (Lipinski definition) is 4. The van der Waals surface area contributed by atoms with Crippen LogP contribution in [0.4, 0.5) is 13.2 Å². The Bertz CT molecular complexity index is 686. The van der Waals surface area contributed by atoms with Gasteiger partial charge in [0.2, 0.25) is 5.91 Å². The molecule has 1 aromatic carbocycles. The van der Waals surface area contributed by atoms with Gasteiger partial charge in [-0.05, 0) is 36.9 Å². The zero-order chi connectivity index (χ0) is 20.3. The highest BCUT2D eigenvalue weighted by molar-refractivity contribution is 7.84. The number of alkyl halides is 3. The number of carbonyl (C=O) groups is 1. The largest absolute Gasteiger partial charge is 0.416 e. The predicted octanol–water partition coefficient (Wildman–Crippen LogP) is 2.31. The molecule has 0 saturated carbocycles. The molecule has 10 heteroatoms. The molecule has 0 bridgehead atoms. The van der Waals surface area contributed by atoms with Gasteiger partial charge < -0.3 is 21.6 Å². The number of amidine groups is 1. The molecule has 2 rings (SSSR count). The maximum absolute atomic E-state index is 12.5. The molecule has 1 aromatic rings. The predicted molar refractivity (Wildman–Crippen MR) is 113 cm³/mol. The summed E-state index contributed by atoms with van der Waals surface area (Å²) in [6.07, 6.45) is 0.244. The smallest absolute Gasteiger partial charge is 0.412 e. The number of nitrogens with one attached hydrogen (secondary N) is 2. The van der Waals surface area contributed by atoms with Gasteiger partial charge in [-0.3, -0.25) is 9.79 Å². The number of rotatable bonds is 2. The van der Waals surface area contributed by atoms with Gasteiger partial charge in [-0.25, -0.2) is 0 Å². The van der Waals surface area contributed by atoms with E-state index in [1.807, 2.05) is 13.0 Å². The zero-order valence-electron chi connectivity index (χ0n) is 16.1. The number of benzene rings is 1. The summed E-state index contributed by atoms with van der Waals surface area (Å²) in [7, 11) is 0. The van der Waals surface area contributed by atoms with E-state index in [1.54, 1.807) is 6.08 Å². The third-order valence-electron chi connectivity index (χ3n) is 3.42. The summed E-state index contributed by atoms with van der Waals surface area (Å²) in [5.74, 6) is 0.134. The van der Waals surface area contributed by atoms with Gasteiger partial charge in [-0.15, -0.1) is 12.6 Å². The van der Waals surface area contributed by atoms with E-state index in [9.17, 15) is 18.0 Å². The van der Waals surface area contributed by atoms with Gasteiger partial charge in [0.1, 0.15) is 5.84 Å². The monoisotopic (exact) mass is 435 g/mol. The minimum atomic E-state index is -4.37. The minimum Gasteiger partial charge on any atom is -0.412 e. The number of halogens is 3. The van der Waals surface area contributed by atoms with Gasteiger partial charge in [-0.1, -0.05) is 30.9 Å². The molecule has 1 heterocycles. The first-order valence-electron chi connectivity index (χ1n) is 8.45. The number of amides is 1. The number of thiol groups is 1. The Kier molecular flexibility index (Phi) is 14.8. The highest BCUT2D eigenvalue weighted by atomic mass is 32.1. The lowest BCUT2D eigenvalue weighted by Gasteiger charge is -2.13. The van der Waals surface area contributed by atoms with Crippen LogP contribution in [0.1, 0.15) is 30.9 Å². The second-order valence-electron chi connectivity index (χ2n) is 5.75. The number of carbonyl (C=O) groups excluding carboxylic acids is 1. The number of nitrogens with zero attached hydrogens (tertiary/aromatic N) is 1. The SMILES string of the molecule is C=C/C=C(\C)S.O.O.O=C1CCCNCCN=C(c2ccc(C(F)(F)F)cc2)N1. The van der Waals surface area contributed by atoms with E-state index in [4.69, 9.17) is 0 Å². The minimum absolute atomic E-state index is 0. The first kappa shape index (κ1) is 29.1. The first-order valence-corrected chi connectivity index (χ1v) is 8.89. The molecule has 0 fully saturated rings. The maximum atomic E-state index is 12.5.